The average Bonchev–Trinajstić information content (AvgIpc) is 2.90. The molecule has 0 aliphatic carbocycles. The van der Waals surface area contributed by atoms with E-state index < -0.39 is 0 Å². The highest BCUT2D eigenvalue weighted by Crippen LogP contribution is 2.24. The molecular formula is C15H11Cl2N2OS+. The van der Waals surface area contributed by atoms with Gasteiger partial charge in [-0.1, -0.05) is 35.3 Å². The van der Waals surface area contributed by atoms with E-state index in [0.717, 1.165) is 16.2 Å². The third-order valence-corrected chi connectivity index (χ3v) is 4.65. The number of aromatic amines is 2. The largest absolute Gasteiger partial charge is 0.314 e. The highest BCUT2D eigenvalue weighted by molar-refractivity contribution is 7.99. The van der Waals surface area contributed by atoms with E-state index >= 15 is 0 Å². The van der Waals surface area contributed by atoms with Crippen LogP contribution in [0.15, 0.2) is 47.6 Å². The first kappa shape index (κ1) is 14.4. The molecule has 0 fully saturated rings. The lowest BCUT2D eigenvalue weighted by Crippen LogP contribution is -2.06. The third-order valence-electron chi connectivity index (χ3n) is 3.01. The summed E-state index contributed by atoms with van der Waals surface area (Å²) < 4.78 is 0. The molecule has 0 aliphatic rings. The minimum atomic E-state index is 0.00521. The molecule has 0 radical (unpaired) electrons. The number of rotatable bonds is 4. The highest BCUT2D eigenvalue weighted by atomic mass is 35.5. The second-order valence-corrected chi connectivity index (χ2v) is 6.27. The van der Waals surface area contributed by atoms with Crippen LogP contribution in [-0.2, 0) is 0 Å². The van der Waals surface area contributed by atoms with Gasteiger partial charge < -0.3 is 0 Å². The van der Waals surface area contributed by atoms with Crippen LogP contribution in [0.2, 0.25) is 10.0 Å². The van der Waals surface area contributed by atoms with Crippen molar-refractivity contribution in [2.45, 2.75) is 5.16 Å². The summed E-state index contributed by atoms with van der Waals surface area (Å²) >= 11 is 13.2. The summed E-state index contributed by atoms with van der Waals surface area (Å²) in [4.78, 5) is 18.6. The van der Waals surface area contributed by atoms with Crippen molar-refractivity contribution in [1.82, 2.24) is 4.98 Å². The van der Waals surface area contributed by atoms with Crippen molar-refractivity contribution in [2.24, 2.45) is 0 Å². The van der Waals surface area contributed by atoms with Gasteiger partial charge in [0.05, 0.1) is 15.8 Å². The van der Waals surface area contributed by atoms with Gasteiger partial charge in [0, 0.05) is 5.56 Å². The van der Waals surface area contributed by atoms with E-state index in [4.69, 9.17) is 23.2 Å². The summed E-state index contributed by atoms with van der Waals surface area (Å²) in [6, 6.07) is 12.8. The van der Waals surface area contributed by atoms with Gasteiger partial charge in [-0.25, -0.2) is 9.97 Å². The van der Waals surface area contributed by atoms with Crippen molar-refractivity contribution in [3.63, 3.8) is 0 Å². The maximum atomic E-state index is 12.1. The van der Waals surface area contributed by atoms with Crippen molar-refractivity contribution in [3.8, 4) is 0 Å². The van der Waals surface area contributed by atoms with Crippen LogP contribution >= 0.6 is 35.0 Å². The molecule has 106 valence electrons. The predicted molar refractivity (Wildman–Crippen MR) is 86.4 cm³/mol. The first-order valence-corrected chi connectivity index (χ1v) is 7.99. The summed E-state index contributed by atoms with van der Waals surface area (Å²) in [6.45, 7) is 0. The lowest BCUT2D eigenvalue weighted by atomic mass is 10.1. The van der Waals surface area contributed by atoms with Gasteiger partial charge in [0.25, 0.3) is 0 Å². The first-order valence-electron chi connectivity index (χ1n) is 6.24. The number of thioether (sulfide) groups is 1. The van der Waals surface area contributed by atoms with E-state index in [1.54, 1.807) is 18.2 Å². The van der Waals surface area contributed by atoms with Gasteiger partial charge in [-0.05, 0) is 42.1 Å². The van der Waals surface area contributed by atoms with Gasteiger partial charge in [0.1, 0.15) is 0 Å². The number of carbonyl (C=O) groups excluding carboxylic acids is 1. The lowest BCUT2D eigenvalue weighted by molar-refractivity contribution is -0.396. The standard InChI is InChI=1S/C15H10Cl2N2OS/c16-10-6-5-9(7-11(10)17)14(20)8-21-15-18-12-3-1-2-4-13(12)19-15/h1-7H,8H2,(H,18,19)/p+1. The Labute approximate surface area is 135 Å². The summed E-state index contributed by atoms with van der Waals surface area (Å²) in [5.74, 6) is 0.326. The number of carbonyl (C=O) groups is 1. The van der Waals surface area contributed by atoms with Crippen LogP contribution in [0.25, 0.3) is 11.0 Å². The number of hydrogen-bond donors (Lipinski definition) is 1. The SMILES string of the molecule is O=C(CSc1[nH]c2ccccc2[nH+]1)c1ccc(Cl)c(Cl)c1. The van der Waals surface area contributed by atoms with Crippen LogP contribution in [0.1, 0.15) is 10.4 Å². The molecule has 0 saturated carbocycles. The summed E-state index contributed by atoms with van der Waals surface area (Å²) in [5.41, 5.74) is 2.59. The normalized spacial score (nSPS) is 11.0. The second-order valence-electron chi connectivity index (χ2n) is 4.47. The van der Waals surface area contributed by atoms with Crippen LogP contribution in [0.4, 0.5) is 0 Å². The molecule has 0 saturated heterocycles. The Hall–Kier alpha value is -1.49. The summed E-state index contributed by atoms with van der Waals surface area (Å²) in [6.07, 6.45) is 0. The van der Waals surface area contributed by atoms with Crippen molar-refractivity contribution in [1.29, 1.82) is 0 Å². The Morgan fingerprint density at radius 2 is 1.95 bits per heavy atom. The molecule has 2 N–H and O–H groups in total. The van der Waals surface area contributed by atoms with Gasteiger partial charge in [0.15, 0.2) is 16.8 Å². The number of nitrogens with one attached hydrogen (secondary N) is 2. The first-order chi connectivity index (χ1) is 10.1. The fourth-order valence-corrected chi connectivity index (χ4v) is 3.04. The molecule has 2 aromatic carbocycles. The molecule has 21 heavy (non-hydrogen) atoms. The van der Waals surface area contributed by atoms with E-state index in [1.165, 1.54) is 11.8 Å². The maximum Gasteiger partial charge on any atom is 0.314 e. The van der Waals surface area contributed by atoms with Gasteiger partial charge in [-0.3, -0.25) is 4.79 Å². The molecular weight excluding hydrogens is 327 g/mol. The number of fused-ring (bicyclic) bond motifs is 1. The quantitative estimate of drug-likeness (QED) is 0.571. The zero-order chi connectivity index (χ0) is 14.8. The molecule has 3 rings (SSSR count). The smallest absolute Gasteiger partial charge is 0.293 e. The molecule has 0 spiro atoms. The Morgan fingerprint density at radius 3 is 2.71 bits per heavy atom. The van der Waals surface area contributed by atoms with Crippen molar-refractivity contribution in [2.75, 3.05) is 5.75 Å². The van der Waals surface area contributed by atoms with Crippen LogP contribution in [0, 0.1) is 0 Å². The number of benzene rings is 2. The van der Waals surface area contributed by atoms with E-state index in [0.29, 0.717) is 21.4 Å². The second kappa shape index (κ2) is 6.10. The molecule has 0 amide bonds. The fraction of sp³-hybridized carbons (Fsp3) is 0.0667. The van der Waals surface area contributed by atoms with Crippen LogP contribution in [-0.4, -0.2) is 16.5 Å². The average molecular weight is 338 g/mol. The third kappa shape index (κ3) is 3.23. The van der Waals surface area contributed by atoms with Crippen LogP contribution < -0.4 is 4.98 Å². The summed E-state index contributed by atoms with van der Waals surface area (Å²) in [5, 5.41) is 1.69. The lowest BCUT2D eigenvalue weighted by Gasteiger charge is -2.00. The molecule has 0 bridgehead atoms. The molecule has 3 nitrogen and oxygen atoms in total. The number of H-pyrrole nitrogens is 2. The molecule has 0 atom stereocenters. The van der Waals surface area contributed by atoms with Crippen molar-refractivity contribution < 1.29 is 9.78 Å². The Morgan fingerprint density at radius 1 is 1.14 bits per heavy atom. The number of ketones is 1. The molecule has 0 aliphatic heterocycles. The maximum absolute atomic E-state index is 12.1. The fourth-order valence-electron chi connectivity index (χ4n) is 1.94. The molecule has 1 aromatic heterocycles. The van der Waals surface area contributed by atoms with E-state index in [-0.39, 0.29) is 5.78 Å². The van der Waals surface area contributed by atoms with Gasteiger partial charge in [0.2, 0.25) is 0 Å². The van der Waals surface area contributed by atoms with Crippen molar-refractivity contribution >= 4 is 51.8 Å². The molecule has 0 unspecified atom stereocenters. The molecule has 1 heterocycles. The number of Topliss-reactive ketones (excluding diaryl/α,β-unsaturated/α-hetero) is 1. The topological polar surface area (TPSA) is 47.0 Å². The number of imidazole rings is 1. The zero-order valence-electron chi connectivity index (χ0n) is 10.8. The van der Waals surface area contributed by atoms with Gasteiger partial charge in [-0.15, -0.1) is 0 Å². The Balaban J connectivity index is 1.71. The minimum absolute atomic E-state index is 0.00521. The summed E-state index contributed by atoms with van der Waals surface area (Å²) in [7, 11) is 0. The highest BCUT2D eigenvalue weighted by Gasteiger charge is 2.14. The predicted octanol–water partition coefficient (Wildman–Crippen LogP) is 4.26. The van der Waals surface area contributed by atoms with Crippen LogP contribution in [0.3, 0.4) is 0 Å². The molecule has 3 aromatic rings. The number of para-hydroxylation sites is 2. The van der Waals surface area contributed by atoms with E-state index in [9.17, 15) is 4.79 Å². The van der Waals surface area contributed by atoms with E-state index in [2.05, 4.69) is 9.97 Å². The number of aromatic nitrogens is 2. The van der Waals surface area contributed by atoms with Gasteiger partial charge in [-0.2, -0.15) is 0 Å². The zero-order valence-corrected chi connectivity index (χ0v) is 13.1. The van der Waals surface area contributed by atoms with Crippen LogP contribution in [0.5, 0.6) is 0 Å². The monoisotopic (exact) mass is 337 g/mol. The number of hydrogen-bond acceptors (Lipinski definition) is 2. The Bertz CT molecular complexity index is 783. The van der Waals surface area contributed by atoms with Gasteiger partial charge >= 0.3 is 5.16 Å². The Kier molecular flexibility index (Phi) is 4.19. The molecule has 6 heteroatoms. The minimum Gasteiger partial charge on any atom is -0.293 e. The van der Waals surface area contributed by atoms with E-state index in [1.807, 2.05) is 24.3 Å². The van der Waals surface area contributed by atoms with Crippen molar-refractivity contribution in [3.05, 3.63) is 58.1 Å². The number of halogens is 2.